The third kappa shape index (κ3) is 3.64. The van der Waals surface area contributed by atoms with E-state index in [1.807, 2.05) is 24.4 Å². The molecule has 0 fully saturated rings. The highest BCUT2D eigenvalue weighted by atomic mass is 14.9. The lowest BCUT2D eigenvalue weighted by Gasteiger charge is -2.02. The molecule has 0 unspecified atom stereocenters. The zero-order chi connectivity index (χ0) is 15.2. The minimum Gasteiger partial charge on any atom is -0.348 e. The third-order valence-electron chi connectivity index (χ3n) is 3.91. The van der Waals surface area contributed by atoms with Crippen LogP contribution < -0.4 is 0 Å². The van der Waals surface area contributed by atoms with E-state index in [9.17, 15) is 0 Å². The first-order valence-electron chi connectivity index (χ1n) is 8.02. The second-order valence-corrected chi connectivity index (χ2v) is 5.70. The highest BCUT2D eigenvalue weighted by Crippen LogP contribution is 2.17. The quantitative estimate of drug-likeness (QED) is 0.679. The van der Waals surface area contributed by atoms with E-state index in [2.05, 4.69) is 48.3 Å². The summed E-state index contributed by atoms with van der Waals surface area (Å²) >= 11 is 0. The molecule has 0 atom stereocenters. The number of hydrogen-bond acceptors (Lipinski definition) is 1. The lowest BCUT2D eigenvalue weighted by atomic mass is 10.0. The van der Waals surface area contributed by atoms with Crippen LogP contribution in [0.4, 0.5) is 0 Å². The molecule has 2 nitrogen and oxygen atoms in total. The molecule has 1 aromatic heterocycles. The molecule has 2 heteroatoms. The summed E-state index contributed by atoms with van der Waals surface area (Å²) in [6.45, 7) is 2.23. The molecule has 0 aliphatic rings. The zero-order valence-corrected chi connectivity index (χ0v) is 13.0. The Morgan fingerprint density at radius 3 is 2.36 bits per heavy atom. The number of unbranched alkanes of at least 4 members (excludes halogenated alkanes) is 1. The van der Waals surface area contributed by atoms with E-state index in [1.54, 1.807) is 0 Å². The largest absolute Gasteiger partial charge is 0.348 e. The molecule has 0 saturated carbocycles. The fraction of sp³-hybridized carbons (Fsp3) is 0.250. The molecule has 22 heavy (non-hydrogen) atoms. The summed E-state index contributed by atoms with van der Waals surface area (Å²) in [5, 5.41) is 0. The van der Waals surface area contributed by atoms with E-state index in [1.165, 1.54) is 30.4 Å². The van der Waals surface area contributed by atoms with Crippen molar-refractivity contribution >= 4 is 0 Å². The van der Waals surface area contributed by atoms with Crippen molar-refractivity contribution in [3.05, 3.63) is 77.7 Å². The topological polar surface area (TPSA) is 28.7 Å². The van der Waals surface area contributed by atoms with Gasteiger partial charge in [-0.3, -0.25) is 0 Å². The molecule has 0 aliphatic carbocycles. The molecule has 3 rings (SSSR count). The van der Waals surface area contributed by atoms with Crippen molar-refractivity contribution < 1.29 is 0 Å². The Bertz CT molecular complexity index is 696. The number of aromatic amines is 1. The van der Waals surface area contributed by atoms with Crippen molar-refractivity contribution in [3.63, 3.8) is 0 Å². The van der Waals surface area contributed by atoms with Crippen LogP contribution in [0.1, 0.15) is 36.7 Å². The number of nitrogens with zero attached hydrogens (tertiary/aromatic N) is 1. The fourth-order valence-corrected chi connectivity index (χ4v) is 2.61. The average Bonchev–Trinajstić information content (AvgIpc) is 3.04. The van der Waals surface area contributed by atoms with E-state index >= 15 is 0 Å². The molecular weight excluding hydrogens is 268 g/mol. The maximum atomic E-state index is 4.69. The first-order chi connectivity index (χ1) is 10.8. The molecule has 112 valence electrons. The Hall–Kier alpha value is -2.35. The molecule has 1 heterocycles. The number of hydrogen-bond donors (Lipinski definition) is 1. The maximum absolute atomic E-state index is 4.69. The minimum atomic E-state index is 0.848. The van der Waals surface area contributed by atoms with Gasteiger partial charge in [0.25, 0.3) is 0 Å². The summed E-state index contributed by atoms with van der Waals surface area (Å²) in [6, 6.07) is 19.2. The number of aromatic nitrogens is 2. The van der Waals surface area contributed by atoms with Gasteiger partial charge in [-0.15, -0.1) is 0 Å². The van der Waals surface area contributed by atoms with Crippen molar-refractivity contribution in [2.75, 3.05) is 0 Å². The van der Waals surface area contributed by atoms with Crippen LogP contribution in [0.25, 0.3) is 11.3 Å². The molecule has 0 radical (unpaired) electrons. The Labute approximate surface area is 132 Å². The van der Waals surface area contributed by atoms with Gasteiger partial charge < -0.3 is 4.98 Å². The van der Waals surface area contributed by atoms with Gasteiger partial charge >= 0.3 is 0 Å². The molecule has 0 spiro atoms. The molecule has 0 amide bonds. The molecule has 0 bridgehead atoms. The summed E-state index contributed by atoms with van der Waals surface area (Å²) in [4.78, 5) is 7.98. The SMILES string of the molecule is CCCCc1ccc(Cc2nc(-c3ccccc3)c[nH]2)cc1. The molecule has 3 aromatic rings. The first kappa shape index (κ1) is 14.6. The van der Waals surface area contributed by atoms with Crippen LogP contribution in [-0.2, 0) is 12.8 Å². The molecule has 1 N–H and O–H groups in total. The van der Waals surface area contributed by atoms with E-state index in [4.69, 9.17) is 4.98 Å². The Morgan fingerprint density at radius 2 is 1.64 bits per heavy atom. The van der Waals surface area contributed by atoms with Crippen LogP contribution in [0.5, 0.6) is 0 Å². The zero-order valence-electron chi connectivity index (χ0n) is 13.0. The number of rotatable bonds is 6. The predicted molar refractivity (Wildman–Crippen MR) is 91.9 cm³/mol. The Kier molecular flexibility index (Phi) is 4.69. The van der Waals surface area contributed by atoms with Crippen molar-refractivity contribution in [1.29, 1.82) is 0 Å². The van der Waals surface area contributed by atoms with Crippen LogP contribution in [0.15, 0.2) is 60.8 Å². The number of nitrogens with one attached hydrogen (secondary N) is 1. The summed E-state index contributed by atoms with van der Waals surface area (Å²) < 4.78 is 0. The maximum Gasteiger partial charge on any atom is 0.111 e. The Morgan fingerprint density at radius 1 is 0.909 bits per heavy atom. The summed E-state index contributed by atoms with van der Waals surface area (Å²) in [6.07, 6.45) is 6.52. The first-order valence-corrected chi connectivity index (χ1v) is 8.02. The van der Waals surface area contributed by atoms with Crippen LogP contribution in [0.3, 0.4) is 0 Å². The lowest BCUT2D eigenvalue weighted by molar-refractivity contribution is 0.794. The van der Waals surface area contributed by atoms with Gasteiger partial charge in [-0.1, -0.05) is 67.9 Å². The summed E-state index contributed by atoms with van der Waals surface area (Å²) in [7, 11) is 0. The van der Waals surface area contributed by atoms with Gasteiger partial charge in [0.05, 0.1) is 5.69 Å². The van der Waals surface area contributed by atoms with Gasteiger partial charge in [0, 0.05) is 18.2 Å². The summed E-state index contributed by atoms with van der Waals surface area (Å²) in [5.41, 5.74) is 4.89. The van der Waals surface area contributed by atoms with Gasteiger partial charge in [-0.25, -0.2) is 4.98 Å². The number of aryl methyl sites for hydroxylation is 1. The minimum absolute atomic E-state index is 0.848. The lowest BCUT2D eigenvalue weighted by Crippen LogP contribution is -1.92. The standard InChI is InChI=1S/C20H22N2/c1-2-3-7-16-10-12-17(13-11-16)14-20-21-15-19(22-20)18-8-5-4-6-9-18/h4-6,8-13,15H,2-3,7,14H2,1H3,(H,21,22). The average molecular weight is 290 g/mol. The van der Waals surface area contributed by atoms with Gasteiger partial charge in [0.2, 0.25) is 0 Å². The van der Waals surface area contributed by atoms with Crippen LogP contribution in [0.2, 0.25) is 0 Å². The van der Waals surface area contributed by atoms with Crippen LogP contribution >= 0.6 is 0 Å². The van der Waals surface area contributed by atoms with Crippen molar-refractivity contribution in [2.24, 2.45) is 0 Å². The normalized spacial score (nSPS) is 10.8. The third-order valence-corrected chi connectivity index (χ3v) is 3.91. The van der Waals surface area contributed by atoms with Crippen molar-refractivity contribution in [1.82, 2.24) is 9.97 Å². The van der Waals surface area contributed by atoms with Crippen LogP contribution in [-0.4, -0.2) is 9.97 Å². The predicted octanol–water partition coefficient (Wildman–Crippen LogP) is 5.01. The fourth-order valence-electron chi connectivity index (χ4n) is 2.61. The van der Waals surface area contributed by atoms with Gasteiger partial charge in [0.1, 0.15) is 5.82 Å². The van der Waals surface area contributed by atoms with Gasteiger partial charge in [0.15, 0.2) is 0 Å². The Balaban J connectivity index is 1.67. The second kappa shape index (κ2) is 7.08. The number of benzene rings is 2. The van der Waals surface area contributed by atoms with Gasteiger partial charge in [-0.05, 0) is 24.0 Å². The highest BCUT2D eigenvalue weighted by Gasteiger charge is 2.04. The van der Waals surface area contributed by atoms with E-state index in [-0.39, 0.29) is 0 Å². The monoisotopic (exact) mass is 290 g/mol. The second-order valence-electron chi connectivity index (χ2n) is 5.70. The van der Waals surface area contributed by atoms with E-state index < -0.39 is 0 Å². The highest BCUT2D eigenvalue weighted by molar-refractivity contribution is 5.58. The number of imidazole rings is 1. The van der Waals surface area contributed by atoms with Crippen molar-refractivity contribution in [3.8, 4) is 11.3 Å². The van der Waals surface area contributed by atoms with E-state index in [0.717, 1.165) is 23.5 Å². The molecule has 0 saturated heterocycles. The molecule has 0 aliphatic heterocycles. The van der Waals surface area contributed by atoms with E-state index in [0.29, 0.717) is 0 Å². The summed E-state index contributed by atoms with van der Waals surface area (Å²) in [5.74, 6) is 1.01. The van der Waals surface area contributed by atoms with Crippen LogP contribution in [0, 0.1) is 0 Å². The smallest absolute Gasteiger partial charge is 0.111 e. The molecule has 2 aromatic carbocycles. The van der Waals surface area contributed by atoms with Crippen molar-refractivity contribution in [2.45, 2.75) is 32.6 Å². The number of H-pyrrole nitrogens is 1. The molecular formula is C20H22N2. The van der Waals surface area contributed by atoms with Gasteiger partial charge in [-0.2, -0.15) is 0 Å².